The van der Waals surface area contributed by atoms with Gasteiger partial charge in [-0.05, 0) is 25.8 Å². The number of nitrogens with zero attached hydrogens (tertiary/aromatic N) is 1. The highest BCUT2D eigenvalue weighted by Crippen LogP contribution is 2.06. The van der Waals surface area contributed by atoms with Gasteiger partial charge in [-0.3, -0.25) is 4.90 Å². The highest BCUT2D eigenvalue weighted by atomic mass is 15.1. The molecule has 1 aromatic rings. The highest BCUT2D eigenvalue weighted by Gasteiger charge is 2.07. The van der Waals surface area contributed by atoms with Crippen LogP contribution in [0.4, 0.5) is 0 Å². The van der Waals surface area contributed by atoms with E-state index in [1.807, 2.05) is 6.07 Å². The molecule has 0 fully saturated rings. The van der Waals surface area contributed by atoms with Crippen LogP contribution in [0, 0.1) is 12.3 Å². The Labute approximate surface area is 95.2 Å². The Hall–Kier alpha value is -1.26. The Morgan fingerprint density at radius 3 is 2.86 bits per heavy atom. The van der Waals surface area contributed by atoms with Crippen LogP contribution in [0.15, 0.2) is 30.3 Å². The molecule has 0 heterocycles. The number of hydrogen-bond acceptors (Lipinski definition) is 1. The van der Waals surface area contributed by atoms with Gasteiger partial charge in [0.25, 0.3) is 0 Å². The van der Waals surface area contributed by atoms with Crippen molar-refractivity contribution in [2.24, 2.45) is 0 Å². The van der Waals surface area contributed by atoms with Crippen molar-refractivity contribution in [3.05, 3.63) is 35.9 Å². The van der Waals surface area contributed by atoms with Gasteiger partial charge in [-0.25, -0.2) is 0 Å². The van der Waals surface area contributed by atoms with E-state index >= 15 is 0 Å². The Bertz CT molecular complexity index is 456. The lowest BCUT2D eigenvalue weighted by Gasteiger charge is -2.22. The fourth-order valence-corrected chi connectivity index (χ4v) is 1.16. The van der Waals surface area contributed by atoms with Gasteiger partial charge in [0.05, 0.1) is 6.54 Å². The van der Waals surface area contributed by atoms with Gasteiger partial charge in [0.15, 0.2) is 0 Å². The first-order valence-electron chi connectivity index (χ1n) is 7.40. The third kappa shape index (κ3) is 3.24. The van der Waals surface area contributed by atoms with Crippen LogP contribution in [-0.2, 0) is 6.42 Å². The molecule has 0 unspecified atom stereocenters. The first kappa shape index (κ1) is 5.00. The van der Waals surface area contributed by atoms with Crippen LogP contribution in [0.2, 0.25) is 0 Å². The minimum Gasteiger partial charge on any atom is -0.292 e. The van der Waals surface area contributed by atoms with Crippen molar-refractivity contribution < 1.29 is 8.22 Å². The summed E-state index contributed by atoms with van der Waals surface area (Å²) in [6.07, 6.45) is 5.28. The number of terminal acetylenes is 1. The molecule has 0 saturated carbocycles. The molecule has 0 saturated heterocycles. The third-order valence-electron chi connectivity index (χ3n) is 1.91. The summed E-state index contributed by atoms with van der Waals surface area (Å²) < 4.78 is 45.2. The van der Waals surface area contributed by atoms with Crippen molar-refractivity contribution in [3.8, 4) is 12.3 Å². The SMILES string of the molecule is [2H]C([2H])([2H])[C@H](Cc1ccccc1)N(CC#C)C([2H])([2H])[2H]. The molecular weight excluding hydrogens is 170 g/mol. The lowest BCUT2D eigenvalue weighted by molar-refractivity contribution is 0.287. The molecule has 0 N–H and O–H groups in total. The van der Waals surface area contributed by atoms with Gasteiger partial charge < -0.3 is 0 Å². The van der Waals surface area contributed by atoms with Crippen LogP contribution in [0.1, 0.15) is 20.6 Å². The average Bonchev–Trinajstić information content (AvgIpc) is 2.32. The minimum absolute atomic E-state index is 0.109. The number of rotatable bonds is 4. The van der Waals surface area contributed by atoms with E-state index in [0.717, 1.165) is 10.5 Å². The summed E-state index contributed by atoms with van der Waals surface area (Å²) in [6, 6.07) is 7.78. The number of benzene rings is 1. The fraction of sp³-hybridized carbons (Fsp3) is 0.385. The van der Waals surface area contributed by atoms with Crippen LogP contribution in [0.5, 0.6) is 0 Å². The van der Waals surface area contributed by atoms with Crippen LogP contribution in [0.25, 0.3) is 0 Å². The molecule has 0 amide bonds. The molecule has 1 atom stereocenters. The molecule has 0 aliphatic carbocycles. The predicted octanol–water partition coefficient (Wildman–Crippen LogP) is 2.18. The van der Waals surface area contributed by atoms with Gasteiger partial charge in [0, 0.05) is 14.3 Å². The van der Waals surface area contributed by atoms with Gasteiger partial charge in [-0.15, -0.1) is 6.42 Å². The van der Waals surface area contributed by atoms with Crippen molar-refractivity contribution in [3.63, 3.8) is 0 Å². The zero-order valence-corrected chi connectivity index (χ0v) is 7.90. The second-order valence-electron chi connectivity index (χ2n) is 3.04. The predicted molar refractivity (Wildman–Crippen MR) is 61.1 cm³/mol. The smallest absolute Gasteiger partial charge is 0.0598 e. The van der Waals surface area contributed by atoms with E-state index < -0.39 is 19.9 Å². The van der Waals surface area contributed by atoms with Gasteiger partial charge >= 0.3 is 0 Å². The summed E-state index contributed by atoms with van der Waals surface area (Å²) in [5.41, 5.74) is 0.764. The van der Waals surface area contributed by atoms with Crippen LogP contribution >= 0.6 is 0 Å². The third-order valence-corrected chi connectivity index (χ3v) is 1.91. The van der Waals surface area contributed by atoms with E-state index in [1.54, 1.807) is 24.3 Å². The van der Waals surface area contributed by atoms with Crippen molar-refractivity contribution >= 4 is 0 Å². The van der Waals surface area contributed by atoms with E-state index in [-0.39, 0.29) is 13.0 Å². The fourth-order valence-electron chi connectivity index (χ4n) is 1.16. The largest absolute Gasteiger partial charge is 0.292 e. The van der Waals surface area contributed by atoms with Crippen LogP contribution < -0.4 is 0 Å². The first-order valence-corrected chi connectivity index (χ1v) is 4.40. The summed E-state index contributed by atoms with van der Waals surface area (Å²) in [5, 5.41) is 0. The second-order valence-corrected chi connectivity index (χ2v) is 3.04. The molecular formula is C13H17N. The summed E-state index contributed by atoms with van der Waals surface area (Å²) in [6.45, 7) is -5.20. The topological polar surface area (TPSA) is 3.24 Å². The molecule has 0 radical (unpaired) electrons. The van der Waals surface area contributed by atoms with Gasteiger partial charge in [-0.2, -0.15) is 0 Å². The van der Waals surface area contributed by atoms with Crippen molar-refractivity contribution in [1.29, 1.82) is 0 Å². The second kappa shape index (κ2) is 5.47. The Kier molecular flexibility index (Phi) is 1.95. The number of hydrogen-bond donors (Lipinski definition) is 0. The van der Waals surface area contributed by atoms with Gasteiger partial charge in [-0.1, -0.05) is 36.3 Å². The quantitative estimate of drug-likeness (QED) is 0.663. The number of likely N-dealkylation sites (N-methyl/N-ethyl adjacent to an activating group) is 1. The lowest BCUT2D eigenvalue weighted by Crippen LogP contribution is -2.31. The molecule has 1 rings (SSSR count). The van der Waals surface area contributed by atoms with Gasteiger partial charge in [0.1, 0.15) is 0 Å². The maximum Gasteiger partial charge on any atom is 0.0598 e. The van der Waals surface area contributed by atoms with Crippen LogP contribution in [-0.4, -0.2) is 24.5 Å². The van der Waals surface area contributed by atoms with E-state index in [1.165, 1.54) is 0 Å². The lowest BCUT2D eigenvalue weighted by atomic mass is 10.1. The Morgan fingerprint density at radius 2 is 2.29 bits per heavy atom. The molecule has 74 valence electrons. The minimum atomic E-state index is -2.54. The Morgan fingerprint density at radius 1 is 1.50 bits per heavy atom. The zero-order valence-electron chi connectivity index (χ0n) is 13.9. The molecule has 14 heavy (non-hydrogen) atoms. The Balaban J connectivity index is 3.08. The van der Waals surface area contributed by atoms with Crippen molar-refractivity contribution in [2.45, 2.75) is 19.3 Å². The molecule has 1 nitrogen and oxygen atoms in total. The van der Waals surface area contributed by atoms with Crippen molar-refractivity contribution in [1.82, 2.24) is 4.90 Å². The van der Waals surface area contributed by atoms with E-state index in [0.29, 0.717) is 0 Å². The van der Waals surface area contributed by atoms with Crippen LogP contribution in [0.3, 0.4) is 0 Å². The molecule has 0 aliphatic rings. The molecule has 0 spiro atoms. The average molecular weight is 193 g/mol. The van der Waals surface area contributed by atoms with E-state index in [4.69, 9.17) is 14.6 Å². The highest BCUT2D eigenvalue weighted by molar-refractivity contribution is 5.15. The monoisotopic (exact) mass is 193 g/mol. The van der Waals surface area contributed by atoms with Gasteiger partial charge in [0.2, 0.25) is 0 Å². The molecule has 0 bridgehead atoms. The molecule has 0 aliphatic heterocycles. The maximum absolute atomic E-state index is 7.60. The standard InChI is InChI=1S/C13H17N/c1-4-10-14(3)12(2)11-13-8-6-5-7-9-13/h1,5-9,12H,10-11H2,2-3H3/t12-/m1/s1/i2D3,3D3. The maximum atomic E-state index is 7.60. The summed E-state index contributed by atoms with van der Waals surface area (Å²) in [7, 11) is 0. The van der Waals surface area contributed by atoms with E-state index in [2.05, 4.69) is 5.92 Å². The molecule has 1 aromatic carbocycles. The zero-order chi connectivity index (χ0) is 15.4. The normalized spacial score (nSPS) is 20.6. The van der Waals surface area contributed by atoms with Crippen molar-refractivity contribution in [2.75, 3.05) is 13.5 Å². The summed E-state index contributed by atoms with van der Waals surface area (Å²) in [5.74, 6) is 2.23. The summed E-state index contributed by atoms with van der Waals surface area (Å²) in [4.78, 5) is 0.896. The first-order chi connectivity index (χ1) is 9.16. The molecule has 1 heteroatoms. The molecule has 0 aromatic heterocycles. The summed E-state index contributed by atoms with van der Waals surface area (Å²) >= 11 is 0. The van der Waals surface area contributed by atoms with E-state index in [9.17, 15) is 0 Å².